The zero-order chi connectivity index (χ0) is 19.6. The Morgan fingerprint density at radius 2 is 1.81 bits per heavy atom. The van der Waals surface area contributed by atoms with Crippen molar-refractivity contribution in [1.29, 1.82) is 0 Å². The number of rotatable bonds is 13. The van der Waals surface area contributed by atoms with Crippen LogP contribution < -0.4 is 0 Å². The fourth-order valence-electron chi connectivity index (χ4n) is 4.90. The van der Waals surface area contributed by atoms with Crippen LogP contribution in [0.5, 0.6) is 0 Å². The van der Waals surface area contributed by atoms with E-state index in [2.05, 4.69) is 44.5 Å². The second-order valence-corrected chi connectivity index (χ2v) is 9.90. The van der Waals surface area contributed by atoms with Crippen LogP contribution in [0.15, 0.2) is 0 Å². The topological polar surface area (TPSA) is 15.7 Å². The molecule has 0 aromatic heterocycles. The van der Waals surface area contributed by atoms with Crippen LogP contribution in [0.4, 0.5) is 0 Å². The van der Waals surface area contributed by atoms with Crippen molar-refractivity contribution in [1.82, 2.24) is 9.80 Å². The molecular weight excluding hydrogens is 332 g/mol. The van der Waals surface area contributed by atoms with Crippen molar-refractivity contribution in [3.05, 3.63) is 0 Å². The lowest BCUT2D eigenvalue weighted by Crippen LogP contribution is -2.47. The zero-order valence-corrected chi connectivity index (χ0v) is 19.1. The molecule has 0 bridgehead atoms. The molecule has 3 heteroatoms. The molecule has 1 saturated heterocycles. The maximum atomic E-state index is 6.18. The second kappa shape index (κ2) is 12.4. The predicted octanol–water partition coefficient (Wildman–Crippen LogP) is 5.44. The molecule has 0 radical (unpaired) electrons. The minimum absolute atomic E-state index is 0.536. The van der Waals surface area contributed by atoms with Crippen molar-refractivity contribution in [3.8, 4) is 0 Å². The minimum atomic E-state index is 0.536. The van der Waals surface area contributed by atoms with E-state index in [4.69, 9.17) is 4.74 Å². The van der Waals surface area contributed by atoms with E-state index in [0.717, 1.165) is 30.4 Å². The van der Waals surface area contributed by atoms with Gasteiger partial charge in [0.1, 0.15) is 0 Å². The van der Waals surface area contributed by atoms with E-state index in [-0.39, 0.29) is 0 Å². The summed E-state index contributed by atoms with van der Waals surface area (Å²) in [5.74, 6) is 2.58. The number of likely N-dealkylation sites (tertiary alicyclic amines) is 1. The Morgan fingerprint density at radius 1 is 1.11 bits per heavy atom. The SMILES string of the molecule is CCCCC(CC)CN1CCC(CCOC2CC(N(C)CC(C)C)C2)CC1. The lowest BCUT2D eigenvalue weighted by molar-refractivity contribution is -0.0521. The molecule has 0 aromatic rings. The number of nitrogens with zero attached hydrogens (tertiary/aromatic N) is 2. The molecule has 1 aliphatic carbocycles. The summed E-state index contributed by atoms with van der Waals surface area (Å²) in [4.78, 5) is 5.27. The maximum absolute atomic E-state index is 6.18. The number of unbranched alkanes of at least 4 members (excludes halogenated alkanes) is 1. The van der Waals surface area contributed by atoms with Gasteiger partial charge >= 0.3 is 0 Å². The summed E-state index contributed by atoms with van der Waals surface area (Å²) in [7, 11) is 2.28. The highest BCUT2D eigenvalue weighted by atomic mass is 16.5. The van der Waals surface area contributed by atoms with E-state index in [0.29, 0.717) is 6.10 Å². The van der Waals surface area contributed by atoms with Crippen LogP contribution in [0.25, 0.3) is 0 Å². The average Bonchev–Trinajstić information content (AvgIpc) is 2.60. The quantitative estimate of drug-likeness (QED) is 0.423. The predicted molar refractivity (Wildman–Crippen MR) is 117 cm³/mol. The zero-order valence-electron chi connectivity index (χ0n) is 19.1. The first-order chi connectivity index (χ1) is 13.0. The molecule has 0 N–H and O–H groups in total. The number of piperidine rings is 1. The van der Waals surface area contributed by atoms with Crippen LogP contribution in [0.1, 0.15) is 85.5 Å². The van der Waals surface area contributed by atoms with Crippen molar-refractivity contribution < 1.29 is 4.74 Å². The fourth-order valence-corrected chi connectivity index (χ4v) is 4.90. The highest BCUT2D eigenvalue weighted by Crippen LogP contribution is 2.29. The molecular formula is C24H48N2O. The normalized spacial score (nSPS) is 25.9. The molecule has 27 heavy (non-hydrogen) atoms. The molecule has 2 rings (SSSR count). The molecule has 0 spiro atoms. The van der Waals surface area contributed by atoms with E-state index < -0.39 is 0 Å². The molecule has 3 nitrogen and oxygen atoms in total. The van der Waals surface area contributed by atoms with Crippen molar-refractivity contribution in [2.75, 3.05) is 39.8 Å². The summed E-state index contributed by atoms with van der Waals surface area (Å²) < 4.78 is 6.18. The van der Waals surface area contributed by atoms with Gasteiger partial charge in [-0.1, -0.05) is 47.0 Å². The van der Waals surface area contributed by atoms with Gasteiger partial charge in [-0.25, -0.2) is 0 Å². The third-order valence-electron chi connectivity index (χ3n) is 6.99. The van der Waals surface area contributed by atoms with Gasteiger partial charge in [0, 0.05) is 25.7 Å². The van der Waals surface area contributed by atoms with Gasteiger partial charge in [-0.05, 0) is 76.4 Å². The monoisotopic (exact) mass is 380 g/mol. The Kier molecular flexibility index (Phi) is 10.7. The van der Waals surface area contributed by atoms with Crippen LogP contribution >= 0.6 is 0 Å². The van der Waals surface area contributed by atoms with Gasteiger partial charge in [0.05, 0.1) is 6.10 Å². The Bertz CT molecular complexity index is 373. The van der Waals surface area contributed by atoms with Crippen molar-refractivity contribution in [3.63, 3.8) is 0 Å². The molecule has 1 heterocycles. The first kappa shape index (κ1) is 23.2. The second-order valence-electron chi connectivity index (χ2n) is 9.90. The molecule has 0 aromatic carbocycles. The summed E-state index contributed by atoms with van der Waals surface area (Å²) in [5.41, 5.74) is 0. The van der Waals surface area contributed by atoms with Gasteiger partial charge in [0.15, 0.2) is 0 Å². The Balaban J connectivity index is 1.51. The lowest BCUT2D eigenvalue weighted by Gasteiger charge is -2.42. The maximum Gasteiger partial charge on any atom is 0.0605 e. The Labute approximate surface area is 170 Å². The van der Waals surface area contributed by atoms with Crippen LogP contribution in [-0.4, -0.2) is 61.8 Å². The summed E-state index contributed by atoms with van der Waals surface area (Å²) in [5, 5.41) is 0. The average molecular weight is 381 g/mol. The third kappa shape index (κ3) is 8.41. The van der Waals surface area contributed by atoms with Crippen LogP contribution in [0.2, 0.25) is 0 Å². The summed E-state index contributed by atoms with van der Waals surface area (Å²) in [6.45, 7) is 15.5. The first-order valence-corrected chi connectivity index (χ1v) is 12.1. The van der Waals surface area contributed by atoms with Crippen molar-refractivity contribution >= 4 is 0 Å². The molecule has 160 valence electrons. The smallest absolute Gasteiger partial charge is 0.0605 e. The Morgan fingerprint density at radius 3 is 2.41 bits per heavy atom. The fraction of sp³-hybridized carbons (Fsp3) is 1.00. The van der Waals surface area contributed by atoms with E-state index in [9.17, 15) is 0 Å². The molecule has 0 amide bonds. The lowest BCUT2D eigenvalue weighted by atomic mass is 9.87. The van der Waals surface area contributed by atoms with E-state index >= 15 is 0 Å². The summed E-state index contributed by atoms with van der Waals surface area (Å²) >= 11 is 0. The van der Waals surface area contributed by atoms with E-state index in [1.54, 1.807) is 0 Å². The third-order valence-corrected chi connectivity index (χ3v) is 6.99. The van der Waals surface area contributed by atoms with Gasteiger partial charge in [-0.3, -0.25) is 0 Å². The summed E-state index contributed by atoms with van der Waals surface area (Å²) in [6.07, 6.45) is 12.6. The van der Waals surface area contributed by atoms with Crippen LogP contribution in [-0.2, 0) is 4.74 Å². The van der Waals surface area contributed by atoms with Crippen molar-refractivity contribution in [2.24, 2.45) is 17.8 Å². The highest BCUT2D eigenvalue weighted by molar-refractivity contribution is 4.87. The molecule has 2 fully saturated rings. The van der Waals surface area contributed by atoms with Crippen molar-refractivity contribution in [2.45, 2.75) is 97.6 Å². The van der Waals surface area contributed by atoms with Gasteiger partial charge in [-0.15, -0.1) is 0 Å². The van der Waals surface area contributed by atoms with Gasteiger partial charge in [-0.2, -0.15) is 0 Å². The van der Waals surface area contributed by atoms with Crippen LogP contribution in [0, 0.1) is 17.8 Å². The Hall–Kier alpha value is -0.120. The minimum Gasteiger partial charge on any atom is -0.378 e. The van der Waals surface area contributed by atoms with E-state index in [1.165, 1.54) is 84.0 Å². The van der Waals surface area contributed by atoms with Gasteiger partial charge < -0.3 is 14.5 Å². The number of hydrogen-bond acceptors (Lipinski definition) is 3. The number of hydrogen-bond donors (Lipinski definition) is 0. The van der Waals surface area contributed by atoms with Gasteiger partial charge in [0.25, 0.3) is 0 Å². The molecule has 1 atom stereocenters. The standard InChI is InChI=1S/C24H48N2O/c1-6-8-9-21(7-2)19-26-13-10-22(11-14-26)12-15-27-24-16-23(17-24)25(5)18-20(3)4/h20-24H,6-19H2,1-5H3. The largest absolute Gasteiger partial charge is 0.378 e. The van der Waals surface area contributed by atoms with Gasteiger partial charge in [0.2, 0.25) is 0 Å². The van der Waals surface area contributed by atoms with E-state index in [1.807, 2.05) is 0 Å². The molecule has 2 aliphatic rings. The van der Waals surface area contributed by atoms with Crippen LogP contribution in [0.3, 0.4) is 0 Å². The molecule has 1 aliphatic heterocycles. The number of ether oxygens (including phenoxy) is 1. The molecule has 1 saturated carbocycles. The molecule has 1 unspecified atom stereocenters. The summed E-state index contributed by atoms with van der Waals surface area (Å²) in [6, 6.07) is 0.764. The first-order valence-electron chi connectivity index (χ1n) is 12.1. The highest BCUT2D eigenvalue weighted by Gasteiger charge is 2.33.